The first-order valence-corrected chi connectivity index (χ1v) is 7.72. The minimum atomic E-state index is -0.258. The van der Waals surface area contributed by atoms with Gasteiger partial charge < -0.3 is 5.73 Å². The van der Waals surface area contributed by atoms with E-state index < -0.39 is 0 Å². The van der Waals surface area contributed by atoms with Crippen molar-refractivity contribution in [3.8, 4) is 0 Å². The second kappa shape index (κ2) is 6.42. The van der Waals surface area contributed by atoms with Gasteiger partial charge in [0.15, 0.2) is 0 Å². The number of piperidine rings is 1. The summed E-state index contributed by atoms with van der Waals surface area (Å²) in [5, 5.41) is 0.426. The van der Waals surface area contributed by atoms with Gasteiger partial charge >= 0.3 is 0 Å². The number of hydrogen-bond donors (Lipinski definition) is 1. The van der Waals surface area contributed by atoms with Crippen molar-refractivity contribution in [1.29, 1.82) is 0 Å². The number of rotatable bonds is 3. The zero-order valence-electron chi connectivity index (χ0n) is 12.4. The van der Waals surface area contributed by atoms with Gasteiger partial charge in [-0.2, -0.15) is 0 Å². The molecular formula is C16H24ClFN2. The molecule has 4 atom stereocenters. The lowest BCUT2D eigenvalue weighted by molar-refractivity contribution is 0.0412. The summed E-state index contributed by atoms with van der Waals surface area (Å²) in [7, 11) is 0. The molecule has 1 heterocycles. The normalized spacial score (nSPS) is 29.4. The van der Waals surface area contributed by atoms with Crippen LogP contribution in [0.15, 0.2) is 18.2 Å². The van der Waals surface area contributed by atoms with E-state index in [1.165, 1.54) is 12.5 Å². The predicted octanol–water partition coefficient (Wildman–Crippen LogP) is 3.85. The highest BCUT2D eigenvalue weighted by atomic mass is 35.5. The fourth-order valence-electron chi connectivity index (χ4n) is 3.38. The molecule has 0 aromatic heterocycles. The summed E-state index contributed by atoms with van der Waals surface area (Å²) < 4.78 is 14.2. The number of hydrogen-bond acceptors (Lipinski definition) is 2. The predicted molar refractivity (Wildman–Crippen MR) is 82.3 cm³/mol. The molecule has 0 bridgehead atoms. The highest BCUT2D eigenvalue weighted by Gasteiger charge is 2.34. The Hall–Kier alpha value is -0.640. The van der Waals surface area contributed by atoms with Crippen LogP contribution in [0.3, 0.4) is 0 Å². The Bertz CT molecular complexity index is 466. The molecule has 1 aromatic carbocycles. The smallest absolute Gasteiger partial charge is 0.129 e. The van der Waals surface area contributed by atoms with Crippen LogP contribution in [0.5, 0.6) is 0 Å². The van der Waals surface area contributed by atoms with E-state index in [2.05, 4.69) is 25.7 Å². The molecule has 0 amide bonds. The molecule has 1 saturated heterocycles. The first-order valence-electron chi connectivity index (χ1n) is 7.34. The van der Waals surface area contributed by atoms with E-state index in [9.17, 15) is 4.39 Å². The third kappa shape index (κ3) is 3.16. The Balaban J connectivity index is 2.31. The molecule has 1 aliphatic heterocycles. The standard InChI is InChI=1S/C16H24ClFN2/c1-10-6-11(2)12(3)20(9-10)16(8-19)14-5-4-13(17)7-15(14)18/h4-5,7,10-12,16H,6,8-9,19H2,1-3H3. The first kappa shape index (κ1) is 15.7. The van der Waals surface area contributed by atoms with Crippen molar-refractivity contribution in [3.63, 3.8) is 0 Å². The van der Waals surface area contributed by atoms with Crippen molar-refractivity contribution in [2.45, 2.75) is 39.3 Å². The molecular weight excluding hydrogens is 275 g/mol. The molecule has 20 heavy (non-hydrogen) atoms. The molecule has 2 nitrogen and oxygen atoms in total. The molecule has 0 spiro atoms. The quantitative estimate of drug-likeness (QED) is 0.918. The van der Waals surface area contributed by atoms with Crippen LogP contribution in [0, 0.1) is 17.7 Å². The topological polar surface area (TPSA) is 29.3 Å². The van der Waals surface area contributed by atoms with Crippen LogP contribution in [0.25, 0.3) is 0 Å². The van der Waals surface area contributed by atoms with Crippen molar-refractivity contribution >= 4 is 11.6 Å². The Morgan fingerprint density at radius 3 is 2.70 bits per heavy atom. The number of halogens is 2. The number of benzene rings is 1. The van der Waals surface area contributed by atoms with E-state index in [1.54, 1.807) is 12.1 Å². The third-order valence-electron chi connectivity index (χ3n) is 4.59. The molecule has 1 fully saturated rings. The summed E-state index contributed by atoms with van der Waals surface area (Å²) >= 11 is 5.84. The van der Waals surface area contributed by atoms with Gasteiger partial charge in [0.25, 0.3) is 0 Å². The van der Waals surface area contributed by atoms with Crippen LogP contribution >= 0.6 is 11.6 Å². The Morgan fingerprint density at radius 2 is 2.10 bits per heavy atom. The van der Waals surface area contributed by atoms with Crippen LogP contribution in [0.2, 0.25) is 5.02 Å². The van der Waals surface area contributed by atoms with Crippen LogP contribution in [-0.2, 0) is 0 Å². The maximum absolute atomic E-state index is 14.2. The Kier molecular flexibility index (Phi) is 5.05. The third-order valence-corrected chi connectivity index (χ3v) is 4.82. The minimum absolute atomic E-state index is 0.0764. The van der Waals surface area contributed by atoms with Crippen molar-refractivity contribution in [3.05, 3.63) is 34.6 Å². The van der Waals surface area contributed by atoms with Gasteiger partial charge in [-0.1, -0.05) is 31.5 Å². The van der Waals surface area contributed by atoms with Crippen LogP contribution in [0.4, 0.5) is 4.39 Å². The second-order valence-electron chi connectivity index (χ2n) is 6.17. The van der Waals surface area contributed by atoms with E-state index in [1.807, 2.05) is 0 Å². The van der Waals surface area contributed by atoms with Gasteiger partial charge in [-0.15, -0.1) is 0 Å². The van der Waals surface area contributed by atoms with Gasteiger partial charge in [-0.3, -0.25) is 4.90 Å². The average Bonchev–Trinajstić information content (AvgIpc) is 2.38. The molecule has 4 heteroatoms. The monoisotopic (exact) mass is 298 g/mol. The van der Waals surface area contributed by atoms with Gasteiger partial charge in [0, 0.05) is 29.7 Å². The minimum Gasteiger partial charge on any atom is -0.329 e. The lowest BCUT2D eigenvalue weighted by atomic mass is 9.84. The molecule has 1 aromatic rings. The van der Waals surface area contributed by atoms with E-state index in [0.717, 1.165) is 6.54 Å². The second-order valence-corrected chi connectivity index (χ2v) is 6.61. The van der Waals surface area contributed by atoms with Crippen molar-refractivity contribution < 1.29 is 4.39 Å². The average molecular weight is 299 g/mol. The molecule has 4 unspecified atom stereocenters. The lowest BCUT2D eigenvalue weighted by Gasteiger charge is -2.45. The highest BCUT2D eigenvalue weighted by Crippen LogP contribution is 2.34. The number of nitrogens with zero attached hydrogens (tertiary/aromatic N) is 1. The fraction of sp³-hybridized carbons (Fsp3) is 0.625. The largest absolute Gasteiger partial charge is 0.329 e. The summed E-state index contributed by atoms with van der Waals surface area (Å²) in [5.74, 6) is 0.958. The summed E-state index contributed by atoms with van der Waals surface area (Å²) in [4.78, 5) is 2.35. The summed E-state index contributed by atoms with van der Waals surface area (Å²) in [6, 6.07) is 5.22. The summed E-state index contributed by atoms with van der Waals surface area (Å²) in [6.45, 7) is 8.12. The van der Waals surface area contributed by atoms with Crippen LogP contribution in [-0.4, -0.2) is 24.0 Å². The van der Waals surface area contributed by atoms with Gasteiger partial charge in [-0.05, 0) is 37.3 Å². The van der Waals surface area contributed by atoms with Crippen molar-refractivity contribution in [2.24, 2.45) is 17.6 Å². The highest BCUT2D eigenvalue weighted by molar-refractivity contribution is 6.30. The van der Waals surface area contributed by atoms with Crippen molar-refractivity contribution in [1.82, 2.24) is 4.90 Å². The maximum atomic E-state index is 14.2. The fourth-order valence-corrected chi connectivity index (χ4v) is 3.54. The summed E-state index contributed by atoms with van der Waals surface area (Å²) in [5.41, 5.74) is 6.61. The van der Waals surface area contributed by atoms with Crippen molar-refractivity contribution in [2.75, 3.05) is 13.1 Å². The van der Waals surface area contributed by atoms with Crippen LogP contribution < -0.4 is 5.73 Å². The number of likely N-dealkylation sites (tertiary alicyclic amines) is 1. The first-order chi connectivity index (χ1) is 9.43. The molecule has 0 radical (unpaired) electrons. The molecule has 0 aliphatic carbocycles. The summed E-state index contributed by atoms with van der Waals surface area (Å²) in [6.07, 6.45) is 1.22. The molecule has 112 valence electrons. The van der Waals surface area contributed by atoms with Gasteiger partial charge in [0.2, 0.25) is 0 Å². The maximum Gasteiger partial charge on any atom is 0.129 e. The molecule has 1 aliphatic rings. The van der Waals surface area contributed by atoms with Gasteiger partial charge in [0.1, 0.15) is 5.82 Å². The molecule has 2 rings (SSSR count). The zero-order chi connectivity index (χ0) is 14.9. The van der Waals surface area contributed by atoms with E-state index in [0.29, 0.717) is 35.0 Å². The Morgan fingerprint density at radius 1 is 1.40 bits per heavy atom. The zero-order valence-corrected chi connectivity index (χ0v) is 13.2. The van der Waals surface area contributed by atoms with E-state index in [4.69, 9.17) is 17.3 Å². The van der Waals surface area contributed by atoms with E-state index in [-0.39, 0.29) is 11.9 Å². The molecule has 0 saturated carbocycles. The SMILES string of the molecule is CC1CC(C)C(C)N(C(CN)c2ccc(Cl)cc2F)C1. The lowest BCUT2D eigenvalue weighted by Crippen LogP contribution is -2.49. The van der Waals surface area contributed by atoms with Crippen LogP contribution in [0.1, 0.15) is 38.8 Å². The van der Waals surface area contributed by atoms with Gasteiger partial charge in [-0.25, -0.2) is 4.39 Å². The van der Waals surface area contributed by atoms with Gasteiger partial charge in [0.05, 0.1) is 6.04 Å². The Labute approximate surface area is 126 Å². The van der Waals surface area contributed by atoms with E-state index >= 15 is 0 Å². The molecule has 2 N–H and O–H groups in total. The number of nitrogens with two attached hydrogens (primary N) is 1.